The summed E-state index contributed by atoms with van der Waals surface area (Å²) in [5.41, 5.74) is 1.06. The fourth-order valence-corrected chi connectivity index (χ4v) is 3.45. The van der Waals surface area contributed by atoms with Crippen LogP contribution in [0.4, 0.5) is 5.69 Å². The van der Waals surface area contributed by atoms with Crippen LogP contribution in [0.25, 0.3) is 0 Å². The highest BCUT2D eigenvalue weighted by Gasteiger charge is 2.17. The molecule has 0 saturated heterocycles. The number of hydrogen-bond donors (Lipinski definition) is 2. The van der Waals surface area contributed by atoms with E-state index in [4.69, 9.17) is 5.11 Å². The van der Waals surface area contributed by atoms with E-state index >= 15 is 0 Å². The minimum atomic E-state index is -3.64. The predicted molar refractivity (Wildman–Crippen MR) is 77.8 cm³/mol. The van der Waals surface area contributed by atoms with E-state index in [0.29, 0.717) is 15.7 Å². The van der Waals surface area contributed by atoms with Crippen molar-refractivity contribution in [3.8, 4) is 5.75 Å². The number of phenolic OH excluding ortho intramolecular Hbond substituents is 1. The van der Waals surface area contributed by atoms with Crippen LogP contribution in [-0.4, -0.2) is 13.5 Å². The van der Waals surface area contributed by atoms with Gasteiger partial charge in [0.2, 0.25) is 0 Å². The van der Waals surface area contributed by atoms with E-state index in [1.807, 2.05) is 0 Å². The Labute approximate surface area is 120 Å². The molecule has 2 rings (SSSR count). The number of halogens is 1. The molecule has 2 aromatic carbocycles. The molecule has 0 unspecified atom stereocenters. The number of rotatable bonds is 3. The predicted octanol–water partition coefficient (Wildman–Crippen LogP) is 3.26. The third-order valence-corrected chi connectivity index (χ3v) is 4.58. The van der Waals surface area contributed by atoms with Crippen LogP contribution in [0.5, 0.6) is 5.75 Å². The zero-order valence-corrected chi connectivity index (χ0v) is 12.5. The molecular formula is C13H12BrNO3S. The van der Waals surface area contributed by atoms with E-state index < -0.39 is 10.0 Å². The first-order valence-electron chi connectivity index (χ1n) is 5.46. The molecule has 0 amide bonds. The molecule has 2 N–H and O–H groups in total. The van der Waals surface area contributed by atoms with Gasteiger partial charge in [-0.25, -0.2) is 8.42 Å². The Bertz CT molecular complexity index is 696. The van der Waals surface area contributed by atoms with Gasteiger partial charge in [-0.1, -0.05) is 22.0 Å². The molecule has 100 valence electrons. The Morgan fingerprint density at radius 2 is 1.74 bits per heavy atom. The van der Waals surface area contributed by atoms with Crippen molar-refractivity contribution in [3.05, 3.63) is 52.5 Å². The fourth-order valence-electron chi connectivity index (χ4n) is 1.60. The van der Waals surface area contributed by atoms with E-state index in [1.54, 1.807) is 25.1 Å². The summed E-state index contributed by atoms with van der Waals surface area (Å²) < 4.78 is 27.7. The van der Waals surface area contributed by atoms with Crippen molar-refractivity contribution in [1.29, 1.82) is 0 Å². The van der Waals surface area contributed by atoms with Crippen molar-refractivity contribution >= 4 is 31.6 Å². The van der Waals surface area contributed by atoms with E-state index in [9.17, 15) is 8.42 Å². The second-order valence-electron chi connectivity index (χ2n) is 4.06. The second-order valence-corrected chi connectivity index (χ2v) is 6.63. The number of aromatic hydroxyl groups is 1. The smallest absolute Gasteiger partial charge is 0.262 e. The molecule has 0 radical (unpaired) electrons. The zero-order valence-electron chi connectivity index (χ0n) is 10.1. The van der Waals surface area contributed by atoms with Crippen molar-refractivity contribution in [3.63, 3.8) is 0 Å². The Kier molecular flexibility index (Phi) is 3.82. The minimum absolute atomic E-state index is 0.0848. The lowest BCUT2D eigenvalue weighted by Crippen LogP contribution is -2.14. The highest BCUT2D eigenvalue weighted by molar-refractivity contribution is 9.10. The van der Waals surface area contributed by atoms with Crippen LogP contribution in [0.3, 0.4) is 0 Å². The Hall–Kier alpha value is -1.53. The molecule has 0 aromatic heterocycles. The Morgan fingerprint density at radius 3 is 2.37 bits per heavy atom. The summed E-state index contributed by atoms with van der Waals surface area (Å²) in [5.74, 6) is 0.0848. The van der Waals surface area contributed by atoms with Gasteiger partial charge >= 0.3 is 0 Å². The van der Waals surface area contributed by atoms with E-state index in [2.05, 4.69) is 20.7 Å². The molecular weight excluding hydrogens is 330 g/mol. The SMILES string of the molecule is Cc1ccc(Br)cc1S(=O)(=O)Nc1ccc(O)cc1. The van der Waals surface area contributed by atoms with Gasteiger partial charge in [-0.2, -0.15) is 0 Å². The van der Waals surface area contributed by atoms with Crippen LogP contribution < -0.4 is 4.72 Å². The molecule has 4 nitrogen and oxygen atoms in total. The van der Waals surface area contributed by atoms with Gasteiger partial charge in [0.1, 0.15) is 5.75 Å². The summed E-state index contributed by atoms with van der Waals surface area (Å²) >= 11 is 3.26. The molecule has 0 aliphatic rings. The van der Waals surface area contributed by atoms with Crippen LogP contribution >= 0.6 is 15.9 Å². The Balaban J connectivity index is 2.37. The normalized spacial score (nSPS) is 11.3. The molecule has 0 atom stereocenters. The molecule has 19 heavy (non-hydrogen) atoms. The quantitative estimate of drug-likeness (QED) is 0.842. The van der Waals surface area contributed by atoms with Gasteiger partial charge in [0, 0.05) is 10.2 Å². The number of phenols is 1. The highest BCUT2D eigenvalue weighted by Crippen LogP contribution is 2.23. The second kappa shape index (κ2) is 5.22. The monoisotopic (exact) mass is 341 g/mol. The number of benzene rings is 2. The molecule has 0 bridgehead atoms. The third-order valence-electron chi connectivity index (χ3n) is 2.56. The summed E-state index contributed by atoms with van der Waals surface area (Å²) in [5, 5.41) is 9.17. The summed E-state index contributed by atoms with van der Waals surface area (Å²) in [6, 6.07) is 10.9. The summed E-state index contributed by atoms with van der Waals surface area (Å²) in [7, 11) is -3.64. The molecule has 2 aromatic rings. The van der Waals surface area contributed by atoms with Crippen LogP contribution in [0, 0.1) is 6.92 Å². The van der Waals surface area contributed by atoms with Gasteiger partial charge in [0.25, 0.3) is 10.0 Å². The summed E-state index contributed by atoms with van der Waals surface area (Å²) in [6.45, 7) is 1.73. The van der Waals surface area contributed by atoms with Gasteiger partial charge in [-0.15, -0.1) is 0 Å². The standard InChI is InChI=1S/C13H12BrNO3S/c1-9-2-3-10(14)8-13(9)19(17,18)15-11-4-6-12(16)7-5-11/h2-8,15-16H,1H3. The van der Waals surface area contributed by atoms with Gasteiger partial charge in [-0.3, -0.25) is 4.72 Å². The molecule has 0 aliphatic heterocycles. The van der Waals surface area contributed by atoms with Gasteiger partial charge in [-0.05, 0) is 48.9 Å². The largest absolute Gasteiger partial charge is 0.508 e. The van der Waals surface area contributed by atoms with Crippen molar-refractivity contribution in [2.45, 2.75) is 11.8 Å². The lowest BCUT2D eigenvalue weighted by atomic mass is 10.2. The average molecular weight is 342 g/mol. The molecule has 0 spiro atoms. The van der Waals surface area contributed by atoms with E-state index in [0.717, 1.165) is 0 Å². The lowest BCUT2D eigenvalue weighted by molar-refractivity contribution is 0.475. The first-order chi connectivity index (χ1) is 8.88. The van der Waals surface area contributed by atoms with Gasteiger partial charge in [0.15, 0.2) is 0 Å². The van der Waals surface area contributed by atoms with Gasteiger partial charge < -0.3 is 5.11 Å². The fraction of sp³-hybridized carbons (Fsp3) is 0.0769. The maximum absolute atomic E-state index is 12.3. The number of anilines is 1. The number of nitrogens with one attached hydrogen (secondary N) is 1. The summed E-state index contributed by atoms with van der Waals surface area (Å²) in [6.07, 6.45) is 0. The average Bonchev–Trinajstić information content (AvgIpc) is 2.35. The first kappa shape index (κ1) is 13.9. The first-order valence-corrected chi connectivity index (χ1v) is 7.74. The lowest BCUT2D eigenvalue weighted by Gasteiger charge is -2.10. The Morgan fingerprint density at radius 1 is 1.11 bits per heavy atom. The van der Waals surface area contributed by atoms with Crippen LogP contribution in [0.1, 0.15) is 5.56 Å². The molecule has 0 heterocycles. The molecule has 0 aliphatic carbocycles. The number of hydrogen-bond acceptors (Lipinski definition) is 3. The maximum Gasteiger partial charge on any atom is 0.262 e. The molecule has 0 saturated carbocycles. The van der Waals surface area contributed by atoms with Crippen molar-refractivity contribution in [2.75, 3.05) is 4.72 Å². The van der Waals surface area contributed by atoms with Crippen LogP contribution in [0.2, 0.25) is 0 Å². The van der Waals surface area contributed by atoms with Gasteiger partial charge in [0.05, 0.1) is 4.90 Å². The number of sulfonamides is 1. The maximum atomic E-state index is 12.3. The van der Waals surface area contributed by atoms with Crippen LogP contribution in [0.15, 0.2) is 51.8 Å². The minimum Gasteiger partial charge on any atom is -0.508 e. The van der Waals surface area contributed by atoms with Crippen molar-refractivity contribution in [2.24, 2.45) is 0 Å². The number of aryl methyl sites for hydroxylation is 1. The highest BCUT2D eigenvalue weighted by atomic mass is 79.9. The molecule has 6 heteroatoms. The van der Waals surface area contributed by atoms with E-state index in [-0.39, 0.29) is 10.6 Å². The zero-order chi connectivity index (χ0) is 14.0. The van der Waals surface area contributed by atoms with Crippen molar-refractivity contribution < 1.29 is 13.5 Å². The molecule has 0 fully saturated rings. The van der Waals surface area contributed by atoms with E-state index in [1.165, 1.54) is 24.3 Å². The van der Waals surface area contributed by atoms with Crippen LogP contribution in [-0.2, 0) is 10.0 Å². The van der Waals surface area contributed by atoms with Crippen molar-refractivity contribution in [1.82, 2.24) is 0 Å². The third kappa shape index (κ3) is 3.27. The topological polar surface area (TPSA) is 66.4 Å². The summed E-state index contributed by atoms with van der Waals surface area (Å²) in [4.78, 5) is 0.218.